The molecule has 4 nitrogen and oxygen atoms in total. The van der Waals surface area contributed by atoms with Crippen molar-refractivity contribution < 1.29 is 9.53 Å². The van der Waals surface area contributed by atoms with E-state index < -0.39 is 0 Å². The summed E-state index contributed by atoms with van der Waals surface area (Å²) in [6.45, 7) is 13.0. The van der Waals surface area contributed by atoms with Gasteiger partial charge in [-0.2, -0.15) is 0 Å². The van der Waals surface area contributed by atoms with Gasteiger partial charge >= 0.3 is 6.09 Å². The van der Waals surface area contributed by atoms with E-state index in [1.165, 1.54) is 21.3 Å². The highest BCUT2D eigenvalue weighted by Gasteiger charge is 2.23. The van der Waals surface area contributed by atoms with Gasteiger partial charge in [-0.15, -0.1) is 0 Å². The Morgan fingerprint density at radius 2 is 2.04 bits per heavy atom. The van der Waals surface area contributed by atoms with Crippen molar-refractivity contribution in [1.29, 1.82) is 0 Å². The highest BCUT2D eigenvalue weighted by Crippen LogP contribution is 2.27. The highest BCUT2D eigenvalue weighted by molar-refractivity contribution is 5.71. The SMILES string of the molecule is CCC(C)(C)COC(=O)n1ccnc1[C@@H](C)c1cccc(C)c1C. The van der Waals surface area contributed by atoms with Gasteiger partial charge < -0.3 is 4.74 Å². The Balaban J connectivity index is 2.23. The predicted molar refractivity (Wildman–Crippen MR) is 96.5 cm³/mol. The third kappa shape index (κ3) is 3.86. The van der Waals surface area contributed by atoms with Crippen molar-refractivity contribution in [3.8, 4) is 0 Å². The lowest BCUT2D eigenvalue weighted by Crippen LogP contribution is -2.25. The molecule has 0 fully saturated rings. The molecule has 1 atom stereocenters. The first-order valence-electron chi connectivity index (χ1n) is 8.53. The van der Waals surface area contributed by atoms with Gasteiger partial charge in [0, 0.05) is 18.3 Å². The Morgan fingerprint density at radius 3 is 2.71 bits per heavy atom. The standard InChI is InChI=1S/C20H28N2O2/c1-7-20(5,6)13-24-19(23)22-12-11-21-18(22)16(4)17-10-8-9-14(2)15(17)3/h8-12,16H,7,13H2,1-6H3/t16-/m0/s1. The molecule has 4 heteroatoms. The quantitative estimate of drug-likeness (QED) is 0.769. The van der Waals surface area contributed by atoms with Crippen LogP contribution in [0.2, 0.25) is 0 Å². The first-order valence-corrected chi connectivity index (χ1v) is 8.53. The van der Waals surface area contributed by atoms with Gasteiger partial charge in [0.2, 0.25) is 0 Å². The molecule has 24 heavy (non-hydrogen) atoms. The first kappa shape index (κ1) is 18.2. The second-order valence-electron chi connectivity index (χ2n) is 7.24. The van der Waals surface area contributed by atoms with Gasteiger partial charge in [-0.3, -0.25) is 0 Å². The van der Waals surface area contributed by atoms with E-state index in [0.717, 1.165) is 6.42 Å². The van der Waals surface area contributed by atoms with Crippen LogP contribution in [0.5, 0.6) is 0 Å². The molecule has 0 saturated carbocycles. The van der Waals surface area contributed by atoms with Gasteiger partial charge in [-0.1, -0.05) is 45.9 Å². The molecular weight excluding hydrogens is 300 g/mol. The summed E-state index contributed by atoms with van der Waals surface area (Å²) in [5.41, 5.74) is 3.64. The Bertz CT molecular complexity index is 716. The fourth-order valence-corrected chi connectivity index (χ4v) is 2.60. The lowest BCUT2D eigenvalue weighted by Gasteiger charge is -2.22. The van der Waals surface area contributed by atoms with Crippen LogP contribution < -0.4 is 0 Å². The number of ether oxygens (including phenoxy) is 1. The van der Waals surface area contributed by atoms with Crippen LogP contribution in [-0.2, 0) is 4.74 Å². The number of rotatable bonds is 5. The van der Waals surface area contributed by atoms with Gasteiger partial charge in [-0.05, 0) is 42.4 Å². The lowest BCUT2D eigenvalue weighted by molar-refractivity contribution is 0.0973. The minimum absolute atomic E-state index is 0.0187. The van der Waals surface area contributed by atoms with Crippen LogP contribution in [0.1, 0.15) is 62.5 Å². The molecule has 0 saturated heterocycles. The number of hydrogen-bond donors (Lipinski definition) is 0. The molecule has 0 aliphatic carbocycles. The number of nitrogens with zero attached hydrogens (tertiary/aromatic N) is 2. The largest absolute Gasteiger partial charge is 0.448 e. The number of carbonyl (C=O) groups excluding carboxylic acids is 1. The fraction of sp³-hybridized carbons (Fsp3) is 0.500. The molecule has 1 aromatic heterocycles. The third-order valence-corrected chi connectivity index (χ3v) is 4.91. The Morgan fingerprint density at radius 1 is 1.33 bits per heavy atom. The Hall–Kier alpha value is -2.10. The summed E-state index contributed by atoms with van der Waals surface area (Å²) in [6.07, 6.45) is 3.93. The topological polar surface area (TPSA) is 44.1 Å². The van der Waals surface area contributed by atoms with E-state index in [4.69, 9.17) is 4.74 Å². The Labute approximate surface area is 144 Å². The van der Waals surface area contributed by atoms with E-state index >= 15 is 0 Å². The molecule has 130 valence electrons. The van der Waals surface area contributed by atoms with Crippen LogP contribution in [0.25, 0.3) is 0 Å². The maximum absolute atomic E-state index is 12.5. The molecule has 0 bridgehead atoms. The van der Waals surface area contributed by atoms with Crippen LogP contribution in [0.3, 0.4) is 0 Å². The second kappa shape index (κ2) is 7.20. The molecule has 0 aliphatic rings. The van der Waals surface area contributed by atoms with Crippen molar-refractivity contribution in [1.82, 2.24) is 9.55 Å². The summed E-state index contributed by atoms with van der Waals surface area (Å²) in [5.74, 6) is 0.731. The van der Waals surface area contributed by atoms with Crippen LogP contribution in [0.15, 0.2) is 30.6 Å². The molecule has 0 amide bonds. The van der Waals surface area contributed by atoms with Gasteiger partial charge in [0.1, 0.15) is 5.82 Å². The summed E-state index contributed by atoms with van der Waals surface area (Å²) in [7, 11) is 0. The molecular formula is C20H28N2O2. The second-order valence-corrected chi connectivity index (χ2v) is 7.24. The monoisotopic (exact) mass is 328 g/mol. The van der Waals surface area contributed by atoms with Crippen LogP contribution >= 0.6 is 0 Å². The van der Waals surface area contributed by atoms with E-state index in [1.54, 1.807) is 12.4 Å². The lowest BCUT2D eigenvalue weighted by atomic mass is 9.92. The minimum Gasteiger partial charge on any atom is -0.448 e. The molecule has 1 aromatic carbocycles. The summed E-state index contributed by atoms with van der Waals surface area (Å²) in [6, 6.07) is 6.24. The van der Waals surface area contributed by atoms with E-state index in [0.29, 0.717) is 12.4 Å². The van der Waals surface area contributed by atoms with Gasteiger partial charge in [0.15, 0.2) is 0 Å². The van der Waals surface area contributed by atoms with Crippen molar-refractivity contribution in [3.05, 3.63) is 53.1 Å². The number of benzene rings is 1. The number of hydrogen-bond acceptors (Lipinski definition) is 3. The molecule has 0 unspecified atom stereocenters. The van der Waals surface area contributed by atoms with Crippen molar-refractivity contribution in [3.63, 3.8) is 0 Å². The van der Waals surface area contributed by atoms with Crippen molar-refractivity contribution >= 4 is 6.09 Å². The summed E-state index contributed by atoms with van der Waals surface area (Å²) in [5, 5.41) is 0. The van der Waals surface area contributed by atoms with Crippen LogP contribution in [-0.4, -0.2) is 22.3 Å². The summed E-state index contributed by atoms with van der Waals surface area (Å²) < 4.78 is 7.03. The maximum atomic E-state index is 12.5. The van der Waals surface area contributed by atoms with Gasteiger partial charge in [0.25, 0.3) is 0 Å². The zero-order valence-electron chi connectivity index (χ0n) is 15.6. The van der Waals surface area contributed by atoms with Crippen molar-refractivity contribution in [2.24, 2.45) is 5.41 Å². The fourth-order valence-electron chi connectivity index (χ4n) is 2.60. The summed E-state index contributed by atoms with van der Waals surface area (Å²) >= 11 is 0. The molecule has 1 heterocycles. The summed E-state index contributed by atoms with van der Waals surface area (Å²) in [4.78, 5) is 16.9. The van der Waals surface area contributed by atoms with Crippen molar-refractivity contribution in [2.45, 2.75) is 53.9 Å². The number of aromatic nitrogens is 2. The van der Waals surface area contributed by atoms with E-state index in [-0.39, 0.29) is 17.4 Å². The predicted octanol–water partition coefficient (Wildman–Crippen LogP) is 5.07. The smallest absolute Gasteiger partial charge is 0.419 e. The molecule has 2 aromatic rings. The average molecular weight is 328 g/mol. The normalized spacial score (nSPS) is 12.9. The van der Waals surface area contributed by atoms with Crippen molar-refractivity contribution in [2.75, 3.05) is 6.61 Å². The zero-order valence-corrected chi connectivity index (χ0v) is 15.6. The zero-order chi connectivity index (χ0) is 17.9. The minimum atomic E-state index is -0.360. The van der Waals surface area contributed by atoms with Gasteiger partial charge in [-0.25, -0.2) is 14.3 Å². The number of aryl methyl sites for hydroxylation is 1. The van der Waals surface area contributed by atoms with Crippen LogP contribution in [0.4, 0.5) is 4.79 Å². The molecule has 0 aliphatic heterocycles. The number of imidazole rings is 1. The van der Waals surface area contributed by atoms with Crippen LogP contribution in [0, 0.1) is 19.3 Å². The van der Waals surface area contributed by atoms with E-state index in [2.05, 4.69) is 58.7 Å². The van der Waals surface area contributed by atoms with Gasteiger partial charge in [0.05, 0.1) is 6.61 Å². The first-order chi connectivity index (χ1) is 11.3. The van der Waals surface area contributed by atoms with E-state index in [1.807, 2.05) is 6.07 Å². The molecule has 2 rings (SSSR count). The number of carbonyl (C=O) groups is 1. The maximum Gasteiger partial charge on any atom is 0.419 e. The third-order valence-electron chi connectivity index (χ3n) is 4.91. The highest BCUT2D eigenvalue weighted by atomic mass is 16.5. The molecule has 0 spiro atoms. The molecule has 0 N–H and O–H groups in total. The Kier molecular flexibility index (Phi) is 5.47. The van der Waals surface area contributed by atoms with E-state index in [9.17, 15) is 4.79 Å². The average Bonchev–Trinajstić information content (AvgIpc) is 3.04. The molecule has 0 radical (unpaired) electrons.